The molecule has 0 spiro atoms. The van der Waals surface area contributed by atoms with Gasteiger partial charge in [-0.1, -0.05) is 34.1 Å². The van der Waals surface area contributed by atoms with Crippen molar-refractivity contribution in [3.63, 3.8) is 0 Å². The fourth-order valence-electron chi connectivity index (χ4n) is 1.15. The fraction of sp³-hybridized carbons (Fsp3) is 0.273. The number of hydrogen-bond acceptors (Lipinski definition) is 1. The Hall–Kier alpha value is -0.600. The molecule has 0 atom stereocenters. The molecule has 0 saturated heterocycles. The maximum atomic E-state index is 5.10. The van der Waals surface area contributed by atoms with E-state index in [4.69, 9.17) is 4.74 Å². The Kier molecular flexibility index (Phi) is 4.19. The summed E-state index contributed by atoms with van der Waals surface area (Å²) in [6.45, 7) is 2.69. The summed E-state index contributed by atoms with van der Waals surface area (Å²) in [5, 5.41) is 0. The zero-order valence-electron chi connectivity index (χ0n) is 7.88. The normalized spacial score (nSPS) is 11.8. The molecule has 0 aliphatic carbocycles. The highest BCUT2D eigenvalue weighted by atomic mass is 79.9. The van der Waals surface area contributed by atoms with E-state index in [0.29, 0.717) is 6.61 Å². The molecule has 70 valence electrons. The van der Waals surface area contributed by atoms with E-state index in [1.165, 1.54) is 11.1 Å². The summed E-state index contributed by atoms with van der Waals surface area (Å²) >= 11 is 3.40. The van der Waals surface area contributed by atoms with Crippen molar-refractivity contribution in [3.8, 4) is 0 Å². The number of allylic oxidation sites excluding steroid dienone is 1. The second-order valence-electron chi connectivity index (χ2n) is 2.75. The molecule has 0 heterocycles. The lowest BCUT2D eigenvalue weighted by molar-refractivity contribution is 0.239. The third-order valence-electron chi connectivity index (χ3n) is 1.86. The lowest BCUT2D eigenvalue weighted by Crippen LogP contribution is -1.93. The van der Waals surface area contributed by atoms with Crippen LogP contribution in [0.5, 0.6) is 0 Å². The zero-order valence-corrected chi connectivity index (χ0v) is 9.47. The van der Waals surface area contributed by atoms with Crippen LogP contribution in [0.4, 0.5) is 0 Å². The lowest BCUT2D eigenvalue weighted by atomic mass is 10.1. The number of methoxy groups -OCH3 is 1. The van der Waals surface area contributed by atoms with Crippen LogP contribution in [0.25, 0.3) is 5.57 Å². The van der Waals surface area contributed by atoms with Gasteiger partial charge >= 0.3 is 0 Å². The standard InChI is InChI=1S/C11H13BrO/c1-3-9(8-13-2)10-4-6-11(12)7-5-10/h3-7H,8H2,1-2H3/b9-3+. The molecular weight excluding hydrogens is 228 g/mol. The maximum Gasteiger partial charge on any atom is 0.0715 e. The molecule has 2 heteroatoms. The quantitative estimate of drug-likeness (QED) is 0.786. The number of halogens is 1. The maximum absolute atomic E-state index is 5.10. The Morgan fingerprint density at radius 1 is 1.38 bits per heavy atom. The Morgan fingerprint density at radius 2 is 2.00 bits per heavy atom. The molecule has 0 aliphatic heterocycles. The summed E-state index contributed by atoms with van der Waals surface area (Å²) in [5.74, 6) is 0. The topological polar surface area (TPSA) is 9.23 Å². The summed E-state index contributed by atoms with van der Waals surface area (Å²) in [6, 6.07) is 8.24. The van der Waals surface area contributed by atoms with E-state index in [2.05, 4.69) is 34.1 Å². The molecule has 1 rings (SSSR count). The van der Waals surface area contributed by atoms with Gasteiger partial charge in [0.05, 0.1) is 6.61 Å². The van der Waals surface area contributed by atoms with Gasteiger partial charge in [0.1, 0.15) is 0 Å². The molecule has 0 unspecified atom stereocenters. The molecule has 0 aliphatic rings. The van der Waals surface area contributed by atoms with Gasteiger partial charge in [0.25, 0.3) is 0 Å². The Balaban J connectivity index is 2.87. The minimum Gasteiger partial charge on any atom is -0.380 e. The molecule has 13 heavy (non-hydrogen) atoms. The van der Waals surface area contributed by atoms with E-state index in [-0.39, 0.29) is 0 Å². The number of hydrogen-bond donors (Lipinski definition) is 0. The van der Waals surface area contributed by atoms with Crippen molar-refractivity contribution < 1.29 is 4.74 Å². The number of ether oxygens (including phenoxy) is 1. The molecule has 1 aromatic rings. The van der Waals surface area contributed by atoms with Crippen LogP contribution in [0.2, 0.25) is 0 Å². The molecular formula is C11H13BrO. The van der Waals surface area contributed by atoms with Gasteiger partial charge in [0.2, 0.25) is 0 Å². The highest BCUT2D eigenvalue weighted by molar-refractivity contribution is 9.10. The fourth-order valence-corrected chi connectivity index (χ4v) is 1.42. The van der Waals surface area contributed by atoms with Crippen LogP contribution >= 0.6 is 15.9 Å². The van der Waals surface area contributed by atoms with Crippen molar-refractivity contribution in [2.75, 3.05) is 13.7 Å². The summed E-state index contributed by atoms with van der Waals surface area (Å²) < 4.78 is 6.20. The highest BCUT2D eigenvalue weighted by Crippen LogP contribution is 2.17. The first-order valence-electron chi connectivity index (χ1n) is 4.18. The highest BCUT2D eigenvalue weighted by Gasteiger charge is 1.98. The second-order valence-corrected chi connectivity index (χ2v) is 3.67. The van der Waals surface area contributed by atoms with Crippen LogP contribution in [0, 0.1) is 0 Å². The van der Waals surface area contributed by atoms with Crippen LogP contribution in [0.15, 0.2) is 34.8 Å². The van der Waals surface area contributed by atoms with Crippen molar-refractivity contribution in [1.82, 2.24) is 0 Å². The van der Waals surface area contributed by atoms with E-state index in [9.17, 15) is 0 Å². The van der Waals surface area contributed by atoms with Crippen molar-refractivity contribution in [2.24, 2.45) is 0 Å². The molecule has 1 aromatic carbocycles. The summed E-state index contributed by atoms with van der Waals surface area (Å²) in [6.07, 6.45) is 2.08. The molecule has 0 radical (unpaired) electrons. The second kappa shape index (κ2) is 5.20. The van der Waals surface area contributed by atoms with E-state index < -0.39 is 0 Å². The number of benzene rings is 1. The average Bonchev–Trinajstić information content (AvgIpc) is 2.16. The first kappa shape index (κ1) is 10.5. The van der Waals surface area contributed by atoms with Gasteiger partial charge in [-0.3, -0.25) is 0 Å². The Morgan fingerprint density at radius 3 is 2.46 bits per heavy atom. The van der Waals surface area contributed by atoms with Crippen LogP contribution in [0.1, 0.15) is 12.5 Å². The monoisotopic (exact) mass is 240 g/mol. The van der Waals surface area contributed by atoms with Crippen molar-refractivity contribution >= 4 is 21.5 Å². The van der Waals surface area contributed by atoms with Gasteiger partial charge in [-0.15, -0.1) is 0 Å². The molecule has 0 aromatic heterocycles. The van der Waals surface area contributed by atoms with E-state index in [1.807, 2.05) is 19.1 Å². The van der Waals surface area contributed by atoms with Gasteiger partial charge in [-0.25, -0.2) is 0 Å². The largest absolute Gasteiger partial charge is 0.380 e. The van der Waals surface area contributed by atoms with E-state index in [1.54, 1.807) is 7.11 Å². The molecule has 0 fully saturated rings. The minimum absolute atomic E-state index is 0.665. The predicted molar refractivity (Wildman–Crippen MR) is 59.7 cm³/mol. The van der Waals surface area contributed by atoms with E-state index >= 15 is 0 Å². The Labute approximate surface area is 87.5 Å². The smallest absolute Gasteiger partial charge is 0.0715 e. The summed E-state index contributed by atoms with van der Waals surface area (Å²) in [5.41, 5.74) is 2.43. The van der Waals surface area contributed by atoms with Crippen LogP contribution in [0.3, 0.4) is 0 Å². The van der Waals surface area contributed by atoms with E-state index in [0.717, 1.165) is 4.47 Å². The molecule has 0 bridgehead atoms. The van der Waals surface area contributed by atoms with Gasteiger partial charge < -0.3 is 4.74 Å². The predicted octanol–water partition coefficient (Wildman–Crippen LogP) is 3.50. The van der Waals surface area contributed by atoms with Crippen LogP contribution in [-0.4, -0.2) is 13.7 Å². The van der Waals surface area contributed by atoms with Gasteiger partial charge in [-0.05, 0) is 30.2 Å². The summed E-state index contributed by atoms with van der Waals surface area (Å²) in [7, 11) is 1.71. The van der Waals surface area contributed by atoms with Crippen molar-refractivity contribution in [2.45, 2.75) is 6.92 Å². The Bertz CT molecular complexity index is 287. The first-order valence-corrected chi connectivity index (χ1v) is 4.97. The van der Waals surface area contributed by atoms with Gasteiger partial charge in [-0.2, -0.15) is 0 Å². The zero-order chi connectivity index (χ0) is 9.68. The van der Waals surface area contributed by atoms with Crippen LogP contribution in [-0.2, 0) is 4.74 Å². The average molecular weight is 241 g/mol. The SMILES string of the molecule is C/C=C(\COC)c1ccc(Br)cc1. The van der Waals surface area contributed by atoms with Crippen molar-refractivity contribution in [3.05, 3.63) is 40.4 Å². The third kappa shape index (κ3) is 2.98. The molecule has 0 amide bonds. The molecule has 1 nitrogen and oxygen atoms in total. The lowest BCUT2D eigenvalue weighted by Gasteiger charge is -2.05. The molecule has 0 saturated carbocycles. The van der Waals surface area contributed by atoms with Gasteiger partial charge in [0, 0.05) is 11.6 Å². The number of rotatable bonds is 3. The van der Waals surface area contributed by atoms with Crippen molar-refractivity contribution in [1.29, 1.82) is 0 Å². The van der Waals surface area contributed by atoms with Gasteiger partial charge in [0.15, 0.2) is 0 Å². The molecule has 0 N–H and O–H groups in total. The summed E-state index contributed by atoms with van der Waals surface area (Å²) in [4.78, 5) is 0. The van der Waals surface area contributed by atoms with Crippen LogP contribution < -0.4 is 0 Å². The third-order valence-corrected chi connectivity index (χ3v) is 2.39. The first-order chi connectivity index (χ1) is 6.27. The minimum atomic E-state index is 0.665.